The summed E-state index contributed by atoms with van der Waals surface area (Å²) in [5.74, 6) is 0.477. The molecule has 0 spiro atoms. The molecule has 0 amide bonds. The molecule has 0 saturated heterocycles. The Morgan fingerprint density at radius 1 is 1.03 bits per heavy atom. The second-order valence-electron chi connectivity index (χ2n) is 6.64. The first-order chi connectivity index (χ1) is 14.1. The topological polar surface area (TPSA) is 44.8 Å². The van der Waals surface area contributed by atoms with Gasteiger partial charge in [0.05, 0.1) is 5.56 Å². The zero-order valence-corrected chi connectivity index (χ0v) is 17.3. The van der Waals surface area contributed by atoms with Gasteiger partial charge in [0.1, 0.15) is 12.4 Å². The van der Waals surface area contributed by atoms with Gasteiger partial charge in [0.25, 0.3) is 0 Å². The van der Waals surface area contributed by atoms with Crippen molar-refractivity contribution >= 4 is 17.3 Å². The van der Waals surface area contributed by atoms with E-state index in [1.165, 1.54) is 30.4 Å². The summed E-state index contributed by atoms with van der Waals surface area (Å²) < 4.78 is 44.1. The zero-order chi connectivity index (χ0) is 21.9. The lowest BCUT2D eigenvalue weighted by molar-refractivity contribution is -0.211. The first-order valence-electron chi connectivity index (χ1n) is 8.99. The van der Waals surface area contributed by atoms with E-state index in [1.54, 1.807) is 25.1 Å². The minimum Gasteiger partial charge on any atom is -0.489 e. The van der Waals surface area contributed by atoms with E-state index in [0.717, 1.165) is 38.6 Å². The minimum absolute atomic E-state index is 0.312. The van der Waals surface area contributed by atoms with Crippen LogP contribution in [0.1, 0.15) is 28.5 Å². The summed E-state index contributed by atoms with van der Waals surface area (Å²) in [5, 5.41) is 0. The van der Waals surface area contributed by atoms with Gasteiger partial charge in [-0.15, -0.1) is 11.3 Å². The number of carbonyl (C=O) groups is 1. The van der Waals surface area contributed by atoms with Crippen molar-refractivity contribution in [3.63, 3.8) is 0 Å². The molecule has 0 aliphatic heterocycles. The van der Waals surface area contributed by atoms with Crippen LogP contribution in [0.4, 0.5) is 13.2 Å². The smallest absolute Gasteiger partial charge is 0.416 e. The van der Waals surface area contributed by atoms with Crippen LogP contribution >= 0.6 is 11.3 Å². The highest BCUT2D eigenvalue weighted by Crippen LogP contribution is 2.35. The highest BCUT2D eigenvalue weighted by atomic mass is 32.1. The predicted octanol–water partition coefficient (Wildman–Crippen LogP) is 6.49. The van der Waals surface area contributed by atoms with Gasteiger partial charge in [-0.05, 0) is 55.8 Å². The molecule has 1 heterocycles. The first-order valence-corrected chi connectivity index (χ1v) is 9.80. The zero-order valence-electron chi connectivity index (χ0n) is 16.5. The molecule has 3 aromatic rings. The number of ether oxygens (including phenoxy) is 1. The molecule has 1 aromatic heterocycles. The summed E-state index contributed by atoms with van der Waals surface area (Å²) in [6, 6.07) is 12.1. The summed E-state index contributed by atoms with van der Waals surface area (Å²) in [7, 11) is 0. The van der Waals surface area contributed by atoms with Crippen LogP contribution in [0.2, 0.25) is 0 Å². The molecule has 2 aromatic carbocycles. The molecule has 0 unspecified atom stereocenters. The highest BCUT2D eigenvalue weighted by molar-refractivity contribution is 7.15. The Balaban J connectivity index is 1.68. The van der Waals surface area contributed by atoms with Crippen LogP contribution in [-0.4, -0.2) is 5.97 Å². The predicted molar refractivity (Wildman–Crippen MR) is 107 cm³/mol. The summed E-state index contributed by atoms with van der Waals surface area (Å²) in [4.78, 5) is 22.2. The standard InChI is InChI=1S/C22H19F3O4S/c1-13-10-19(8-9-20(13)29-28-15(3)26)27-12-17-11-21(30-14(17)2)16-4-6-18(7-5-16)22(23,24)25/h4-11H,12H2,1-3H3. The number of carbonyl (C=O) groups excluding carboxylic acids is 1. The number of thiophene rings is 1. The van der Waals surface area contributed by atoms with Gasteiger partial charge in [-0.3, -0.25) is 9.78 Å². The molecule has 0 bridgehead atoms. The molecule has 0 atom stereocenters. The van der Waals surface area contributed by atoms with E-state index in [1.807, 2.05) is 13.0 Å². The van der Waals surface area contributed by atoms with Gasteiger partial charge in [0.15, 0.2) is 5.75 Å². The van der Waals surface area contributed by atoms with Gasteiger partial charge in [-0.25, -0.2) is 4.79 Å². The number of hydrogen-bond donors (Lipinski definition) is 0. The Kier molecular flexibility index (Phi) is 6.36. The van der Waals surface area contributed by atoms with Crippen molar-refractivity contribution in [3.05, 3.63) is 70.1 Å². The lowest BCUT2D eigenvalue weighted by atomic mass is 10.1. The summed E-state index contributed by atoms with van der Waals surface area (Å²) >= 11 is 1.50. The van der Waals surface area contributed by atoms with E-state index >= 15 is 0 Å². The van der Waals surface area contributed by atoms with E-state index in [9.17, 15) is 18.0 Å². The molecular formula is C22H19F3O4S. The van der Waals surface area contributed by atoms with Crippen LogP contribution in [0.25, 0.3) is 10.4 Å². The summed E-state index contributed by atoms with van der Waals surface area (Å²) in [6.07, 6.45) is -4.35. The van der Waals surface area contributed by atoms with Gasteiger partial charge in [0.2, 0.25) is 0 Å². The molecule has 8 heteroatoms. The Hall–Kier alpha value is -3.00. The SMILES string of the molecule is CC(=O)OOc1ccc(OCc2cc(-c3ccc(C(F)(F)F)cc3)sc2C)cc1C. The average Bonchev–Trinajstić information content (AvgIpc) is 3.05. The minimum atomic E-state index is -4.35. The number of rotatable bonds is 6. The van der Waals surface area contributed by atoms with Gasteiger partial charge < -0.3 is 4.74 Å². The maximum atomic E-state index is 12.7. The van der Waals surface area contributed by atoms with Crippen LogP contribution in [0.3, 0.4) is 0 Å². The molecule has 4 nitrogen and oxygen atoms in total. The second kappa shape index (κ2) is 8.79. The lowest BCUT2D eigenvalue weighted by Crippen LogP contribution is -2.04. The van der Waals surface area contributed by atoms with E-state index in [0.29, 0.717) is 18.1 Å². The third kappa shape index (κ3) is 5.33. The van der Waals surface area contributed by atoms with Crippen molar-refractivity contribution < 1.29 is 32.5 Å². The Labute approximate surface area is 175 Å². The maximum Gasteiger partial charge on any atom is 0.416 e. The van der Waals surface area contributed by atoms with Gasteiger partial charge in [-0.2, -0.15) is 13.2 Å². The summed E-state index contributed by atoms with van der Waals surface area (Å²) in [6.45, 7) is 5.30. The fourth-order valence-electron chi connectivity index (χ4n) is 2.70. The van der Waals surface area contributed by atoms with Crippen molar-refractivity contribution in [2.75, 3.05) is 0 Å². The Morgan fingerprint density at radius 3 is 2.33 bits per heavy atom. The largest absolute Gasteiger partial charge is 0.489 e. The Bertz CT molecular complexity index is 1040. The average molecular weight is 436 g/mol. The van der Waals surface area contributed by atoms with Crippen molar-refractivity contribution in [1.29, 1.82) is 0 Å². The number of aryl methyl sites for hydroxylation is 2. The second-order valence-corrected chi connectivity index (χ2v) is 7.90. The monoisotopic (exact) mass is 436 g/mol. The van der Waals surface area contributed by atoms with Crippen LogP contribution in [0.15, 0.2) is 48.5 Å². The third-order valence-corrected chi connectivity index (χ3v) is 5.45. The quantitative estimate of drug-likeness (QED) is 0.327. The molecule has 3 rings (SSSR count). The molecule has 158 valence electrons. The van der Waals surface area contributed by atoms with E-state index in [-0.39, 0.29) is 0 Å². The van der Waals surface area contributed by atoms with E-state index in [4.69, 9.17) is 9.62 Å². The summed E-state index contributed by atoms with van der Waals surface area (Å²) in [5.41, 5.74) is 1.75. The van der Waals surface area contributed by atoms with Crippen molar-refractivity contribution in [2.45, 2.75) is 33.6 Å². The maximum absolute atomic E-state index is 12.7. The van der Waals surface area contributed by atoms with E-state index < -0.39 is 17.7 Å². The number of benzene rings is 2. The number of halogens is 3. The molecule has 30 heavy (non-hydrogen) atoms. The van der Waals surface area contributed by atoms with Crippen molar-refractivity contribution in [2.24, 2.45) is 0 Å². The molecule has 0 saturated carbocycles. The lowest BCUT2D eigenvalue weighted by Gasteiger charge is -2.09. The highest BCUT2D eigenvalue weighted by Gasteiger charge is 2.30. The fourth-order valence-corrected chi connectivity index (χ4v) is 3.73. The number of hydrogen-bond acceptors (Lipinski definition) is 5. The van der Waals surface area contributed by atoms with Crippen LogP contribution in [0, 0.1) is 13.8 Å². The van der Waals surface area contributed by atoms with Crippen molar-refractivity contribution in [3.8, 4) is 21.9 Å². The fraction of sp³-hybridized carbons (Fsp3) is 0.227. The Morgan fingerprint density at radius 2 is 1.73 bits per heavy atom. The van der Waals surface area contributed by atoms with Crippen LogP contribution in [-0.2, 0) is 22.5 Å². The van der Waals surface area contributed by atoms with Gasteiger partial charge >= 0.3 is 12.1 Å². The molecule has 0 aliphatic rings. The number of alkyl halides is 3. The van der Waals surface area contributed by atoms with Crippen LogP contribution < -0.4 is 9.62 Å². The van der Waals surface area contributed by atoms with Gasteiger partial charge in [-0.1, -0.05) is 12.1 Å². The molecular weight excluding hydrogens is 417 g/mol. The van der Waals surface area contributed by atoms with Crippen molar-refractivity contribution in [1.82, 2.24) is 0 Å². The van der Waals surface area contributed by atoms with Crippen LogP contribution in [0.5, 0.6) is 11.5 Å². The third-order valence-electron chi connectivity index (χ3n) is 4.31. The molecule has 0 N–H and O–H groups in total. The normalized spacial score (nSPS) is 11.3. The molecule has 0 fully saturated rings. The van der Waals surface area contributed by atoms with E-state index in [2.05, 4.69) is 4.89 Å². The van der Waals surface area contributed by atoms with Gasteiger partial charge in [0, 0.05) is 27.8 Å². The first kappa shape index (κ1) is 21.7. The molecule has 0 aliphatic carbocycles. The molecule has 0 radical (unpaired) electrons.